The highest BCUT2D eigenvalue weighted by molar-refractivity contribution is 5.81. The molecule has 1 aromatic rings. The van der Waals surface area contributed by atoms with Gasteiger partial charge in [-0.25, -0.2) is 0 Å². The fourth-order valence-corrected chi connectivity index (χ4v) is 1.98. The summed E-state index contributed by atoms with van der Waals surface area (Å²) >= 11 is 0. The van der Waals surface area contributed by atoms with Crippen LogP contribution in [-0.2, 0) is 11.4 Å². The molecule has 0 heterocycles. The summed E-state index contributed by atoms with van der Waals surface area (Å²) in [5.74, 6) is 0.0285. The van der Waals surface area contributed by atoms with Crippen molar-refractivity contribution in [2.24, 2.45) is 0 Å². The Bertz CT molecular complexity index is 430. The summed E-state index contributed by atoms with van der Waals surface area (Å²) in [4.78, 5) is 13.8. The van der Waals surface area contributed by atoms with E-state index >= 15 is 0 Å². The molecule has 1 aromatic carbocycles. The highest BCUT2D eigenvalue weighted by atomic mass is 16.3. The molecule has 0 unspecified atom stereocenters. The minimum Gasteiger partial charge on any atom is -0.392 e. The molecule has 106 valence electrons. The van der Waals surface area contributed by atoms with Gasteiger partial charge in [-0.1, -0.05) is 6.07 Å². The van der Waals surface area contributed by atoms with E-state index in [4.69, 9.17) is 0 Å². The van der Waals surface area contributed by atoms with Gasteiger partial charge in [-0.05, 0) is 51.0 Å². The van der Waals surface area contributed by atoms with Crippen molar-refractivity contribution in [3.05, 3.63) is 29.3 Å². The third-order valence-corrected chi connectivity index (χ3v) is 3.03. The largest absolute Gasteiger partial charge is 0.392 e. The van der Waals surface area contributed by atoms with E-state index in [0.717, 1.165) is 23.4 Å². The Balaban J connectivity index is 2.79. The Labute approximate surface area is 115 Å². The molecule has 19 heavy (non-hydrogen) atoms. The number of hydrogen-bond acceptors (Lipinski definition) is 3. The molecule has 1 rings (SSSR count). The van der Waals surface area contributed by atoms with E-state index < -0.39 is 0 Å². The van der Waals surface area contributed by atoms with Gasteiger partial charge < -0.3 is 15.3 Å². The molecule has 0 atom stereocenters. The lowest BCUT2D eigenvalue weighted by molar-refractivity contribution is -0.120. The van der Waals surface area contributed by atoms with E-state index in [1.807, 2.05) is 50.8 Å². The van der Waals surface area contributed by atoms with Crippen LogP contribution in [0.4, 0.5) is 5.69 Å². The molecule has 0 bridgehead atoms. The Morgan fingerprint density at radius 1 is 1.42 bits per heavy atom. The number of hydrogen-bond donors (Lipinski definition) is 2. The smallest absolute Gasteiger partial charge is 0.239 e. The summed E-state index contributed by atoms with van der Waals surface area (Å²) in [6.07, 6.45) is 0. The third-order valence-electron chi connectivity index (χ3n) is 3.03. The first kappa shape index (κ1) is 15.5. The number of aliphatic hydroxyl groups is 1. The predicted molar refractivity (Wildman–Crippen MR) is 78.3 cm³/mol. The Morgan fingerprint density at radius 2 is 2.11 bits per heavy atom. The Kier molecular flexibility index (Phi) is 5.83. The van der Waals surface area contributed by atoms with Crippen molar-refractivity contribution < 1.29 is 9.90 Å². The van der Waals surface area contributed by atoms with Gasteiger partial charge in [-0.3, -0.25) is 4.79 Å². The quantitative estimate of drug-likeness (QED) is 0.824. The monoisotopic (exact) mass is 264 g/mol. The summed E-state index contributed by atoms with van der Waals surface area (Å²) in [7, 11) is 0. The van der Waals surface area contributed by atoms with Gasteiger partial charge in [-0.2, -0.15) is 0 Å². The number of likely N-dealkylation sites (N-methyl/N-ethyl adjacent to an activating group) is 1. The minimum atomic E-state index is 0.0285. The lowest BCUT2D eigenvalue weighted by atomic mass is 10.1. The van der Waals surface area contributed by atoms with Crippen molar-refractivity contribution in [2.75, 3.05) is 18.0 Å². The standard InChI is InChI=1S/C15H24N2O2/c1-5-17(9-15(19)16-11(2)3)14-7-6-13(10-18)12(4)8-14/h6-8,11,18H,5,9-10H2,1-4H3,(H,16,19). The number of nitrogens with one attached hydrogen (secondary N) is 1. The van der Waals surface area contributed by atoms with Gasteiger partial charge in [0.2, 0.25) is 5.91 Å². The third kappa shape index (κ3) is 4.56. The maximum atomic E-state index is 11.8. The molecule has 1 amide bonds. The van der Waals surface area contributed by atoms with Crippen molar-refractivity contribution in [3.8, 4) is 0 Å². The van der Waals surface area contributed by atoms with E-state index in [-0.39, 0.29) is 18.6 Å². The van der Waals surface area contributed by atoms with E-state index in [2.05, 4.69) is 5.32 Å². The SMILES string of the molecule is CCN(CC(=O)NC(C)C)c1ccc(CO)c(C)c1. The average molecular weight is 264 g/mol. The predicted octanol–water partition coefficient (Wildman–Crippen LogP) is 1.84. The highest BCUT2D eigenvalue weighted by Gasteiger charge is 2.11. The van der Waals surface area contributed by atoms with Crippen LogP contribution in [0.2, 0.25) is 0 Å². The second kappa shape index (κ2) is 7.14. The first-order valence-electron chi connectivity index (χ1n) is 6.72. The topological polar surface area (TPSA) is 52.6 Å². The molecule has 0 saturated carbocycles. The highest BCUT2D eigenvalue weighted by Crippen LogP contribution is 2.19. The van der Waals surface area contributed by atoms with Gasteiger partial charge in [0.15, 0.2) is 0 Å². The van der Waals surface area contributed by atoms with Crippen molar-refractivity contribution in [2.45, 2.75) is 40.3 Å². The molecule has 0 saturated heterocycles. The molecule has 0 radical (unpaired) electrons. The van der Waals surface area contributed by atoms with Crippen molar-refractivity contribution in [1.82, 2.24) is 5.32 Å². The molecule has 0 fully saturated rings. The van der Waals surface area contributed by atoms with Crippen LogP contribution in [0.25, 0.3) is 0 Å². The number of rotatable bonds is 6. The lowest BCUT2D eigenvalue weighted by Gasteiger charge is -2.24. The zero-order valence-corrected chi connectivity index (χ0v) is 12.2. The maximum Gasteiger partial charge on any atom is 0.239 e. The van der Waals surface area contributed by atoms with Crippen molar-refractivity contribution >= 4 is 11.6 Å². The van der Waals surface area contributed by atoms with Gasteiger partial charge in [0.05, 0.1) is 13.2 Å². The molecule has 2 N–H and O–H groups in total. The molecular weight excluding hydrogens is 240 g/mol. The summed E-state index contributed by atoms with van der Waals surface area (Å²) in [5, 5.41) is 12.1. The maximum absolute atomic E-state index is 11.8. The molecule has 0 spiro atoms. The van der Waals surface area contributed by atoms with E-state index in [0.29, 0.717) is 6.54 Å². The molecule has 0 aliphatic heterocycles. The normalized spacial score (nSPS) is 10.6. The second-order valence-electron chi connectivity index (χ2n) is 5.01. The van der Waals surface area contributed by atoms with Crippen LogP contribution >= 0.6 is 0 Å². The zero-order chi connectivity index (χ0) is 14.4. The zero-order valence-electron chi connectivity index (χ0n) is 12.2. The fraction of sp³-hybridized carbons (Fsp3) is 0.533. The molecule has 4 nitrogen and oxygen atoms in total. The van der Waals surface area contributed by atoms with Crippen molar-refractivity contribution in [1.29, 1.82) is 0 Å². The van der Waals surface area contributed by atoms with Gasteiger partial charge in [-0.15, -0.1) is 0 Å². The Hall–Kier alpha value is -1.55. The lowest BCUT2D eigenvalue weighted by Crippen LogP contribution is -2.40. The van der Waals surface area contributed by atoms with Gasteiger partial charge in [0.25, 0.3) is 0 Å². The van der Waals surface area contributed by atoms with Crippen LogP contribution in [-0.4, -0.2) is 30.1 Å². The number of nitrogens with zero attached hydrogens (tertiary/aromatic N) is 1. The van der Waals surface area contributed by atoms with Gasteiger partial charge in [0.1, 0.15) is 0 Å². The van der Waals surface area contributed by atoms with Crippen LogP contribution in [0.1, 0.15) is 31.9 Å². The van der Waals surface area contributed by atoms with Crippen LogP contribution < -0.4 is 10.2 Å². The number of carbonyl (C=O) groups excluding carboxylic acids is 1. The van der Waals surface area contributed by atoms with Crippen LogP contribution in [0.3, 0.4) is 0 Å². The molecular formula is C15H24N2O2. The molecule has 4 heteroatoms. The number of amides is 1. The first-order valence-corrected chi connectivity index (χ1v) is 6.72. The van der Waals surface area contributed by atoms with E-state index in [1.165, 1.54) is 0 Å². The molecule has 0 aliphatic carbocycles. The van der Waals surface area contributed by atoms with Crippen molar-refractivity contribution in [3.63, 3.8) is 0 Å². The van der Waals surface area contributed by atoms with Crippen LogP contribution in [0.5, 0.6) is 0 Å². The van der Waals surface area contributed by atoms with Gasteiger partial charge >= 0.3 is 0 Å². The number of aryl methyl sites for hydroxylation is 1. The number of carbonyl (C=O) groups is 1. The summed E-state index contributed by atoms with van der Waals surface area (Å²) in [6.45, 7) is 9.07. The second-order valence-corrected chi connectivity index (χ2v) is 5.01. The minimum absolute atomic E-state index is 0.0285. The summed E-state index contributed by atoms with van der Waals surface area (Å²) < 4.78 is 0. The number of benzene rings is 1. The summed E-state index contributed by atoms with van der Waals surface area (Å²) in [5.41, 5.74) is 2.98. The summed E-state index contributed by atoms with van der Waals surface area (Å²) in [6, 6.07) is 6.03. The average Bonchev–Trinajstić information content (AvgIpc) is 2.35. The number of anilines is 1. The molecule has 0 aliphatic rings. The van der Waals surface area contributed by atoms with Gasteiger partial charge in [0, 0.05) is 18.3 Å². The molecule has 0 aromatic heterocycles. The fourth-order valence-electron chi connectivity index (χ4n) is 1.98. The van der Waals surface area contributed by atoms with Crippen LogP contribution in [0, 0.1) is 6.92 Å². The Morgan fingerprint density at radius 3 is 2.58 bits per heavy atom. The van der Waals surface area contributed by atoms with Crippen LogP contribution in [0.15, 0.2) is 18.2 Å². The van der Waals surface area contributed by atoms with E-state index in [9.17, 15) is 9.90 Å². The van der Waals surface area contributed by atoms with E-state index in [1.54, 1.807) is 0 Å². The first-order chi connectivity index (χ1) is 8.97. The number of aliphatic hydroxyl groups excluding tert-OH is 1.